The number of hydrogen-bond acceptors (Lipinski definition) is 3. The van der Waals surface area contributed by atoms with Gasteiger partial charge in [0.15, 0.2) is 0 Å². The summed E-state index contributed by atoms with van der Waals surface area (Å²) in [6.45, 7) is 2.60. The normalized spacial score (nSPS) is 10.2. The molecule has 0 unspecified atom stereocenters. The first kappa shape index (κ1) is 16.6. The third kappa shape index (κ3) is 4.60. The number of rotatable bonds is 6. The van der Waals surface area contributed by atoms with Crippen molar-refractivity contribution >= 4 is 17.5 Å². The molecule has 5 nitrogen and oxygen atoms in total. The molecule has 1 heterocycles. The van der Waals surface area contributed by atoms with Gasteiger partial charge in [-0.2, -0.15) is 0 Å². The van der Waals surface area contributed by atoms with Crippen LogP contribution in [0.25, 0.3) is 0 Å². The van der Waals surface area contributed by atoms with E-state index in [1.807, 2.05) is 6.92 Å². The van der Waals surface area contributed by atoms with Crippen LogP contribution in [0.5, 0.6) is 0 Å². The van der Waals surface area contributed by atoms with Crippen molar-refractivity contribution in [1.29, 1.82) is 0 Å². The van der Waals surface area contributed by atoms with Crippen molar-refractivity contribution in [2.75, 3.05) is 11.9 Å². The lowest BCUT2D eigenvalue weighted by atomic mass is 10.1. The Kier molecular flexibility index (Phi) is 5.80. The molecule has 6 heteroatoms. The van der Waals surface area contributed by atoms with Gasteiger partial charge in [0.25, 0.3) is 11.8 Å². The number of unbranched alkanes of at least 4 members (excludes halogenated alkanes) is 1. The number of carbonyl (C=O) groups is 2. The number of amides is 2. The molecular formula is C17H18FN3O2. The van der Waals surface area contributed by atoms with Crippen LogP contribution in [0.4, 0.5) is 10.1 Å². The molecule has 120 valence electrons. The Balaban J connectivity index is 2.08. The highest BCUT2D eigenvalue weighted by atomic mass is 19.1. The molecule has 0 radical (unpaired) electrons. The van der Waals surface area contributed by atoms with E-state index in [0.29, 0.717) is 12.1 Å². The van der Waals surface area contributed by atoms with Crippen molar-refractivity contribution in [3.63, 3.8) is 0 Å². The third-order valence-corrected chi connectivity index (χ3v) is 3.20. The Morgan fingerprint density at radius 1 is 1.13 bits per heavy atom. The van der Waals surface area contributed by atoms with Gasteiger partial charge in [0, 0.05) is 18.9 Å². The number of anilines is 1. The lowest BCUT2D eigenvalue weighted by Gasteiger charge is -2.08. The molecule has 1 aromatic heterocycles. The summed E-state index contributed by atoms with van der Waals surface area (Å²) in [5, 5.41) is 5.21. The maximum atomic E-state index is 13.6. The summed E-state index contributed by atoms with van der Waals surface area (Å²) in [5.41, 5.74) is 0.564. The van der Waals surface area contributed by atoms with Crippen LogP contribution in [-0.2, 0) is 0 Å². The number of aromatic nitrogens is 1. The minimum Gasteiger partial charge on any atom is -0.352 e. The molecule has 0 bridgehead atoms. The molecule has 0 atom stereocenters. The van der Waals surface area contributed by atoms with Crippen molar-refractivity contribution in [2.24, 2.45) is 0 Å². The molecule has 23 heavy (non-hydrogen) atoms. The van der Waals surface area contributed by atoms with Crippen molar-refractivity contribution in [2.45, 2.75) is 19.8 Å². The maximum Gasteiger partial charge on any atom is 0.257 e. The highest BCUT2D eigenvalue weighted by Gasteiger charge is 2.12. The van der Waals surface area contributed by atoms with E-state index < -0.39 is 11.7 Å². The van der Waals surface area contributed by atoms with Gasteiger partial charge in [0.1, 0.15) is 5.82 Å². The molecule has 0 saturated carbocycles. The summed E-state index contributed by atoms with van der Waals surface area (Å²) in [7, 11) is 0. The molecule has 0 aliphatic rings. The highest BCUT2D eigenvalue weighted by Crippen LogP contribution is 2.14. The second-order valence-electron chi connectivity index (χ2n) is 5.01. The van der Waals surface area contributed by atoms with Crippen LogP contribution in [0.15, 0.2) is 42.7 Å². The predicted octanol–water partition coefficient (Wildman–Crippen LogP) is 3.00. The molecule has 0 saturated heterocycles. The number of hydrogen-bond donors (Lipinski definition) is 2. The molecule has 0 fully saturated rings. The number of carbonyl (C=O) groups excluding carboxylic acids is 2. The Morgan fingerprint density at radius 2 is 1.83 bits per heavy atom. The fraction of sp³-hybridized carbons (Fsp3) is 0.235. The Bertz CT molecular complexity index is 704. The van der Waals surface area contributed by atoms with Crippen LogP contribution >= 0.6 is 0 Å². The zero-order valence-electron chi connectivity index (χ0n) is 12.8. The van der Waals surface area contributed by atoms with Crippen LogP contribution in [0.3, 0.4) is 0 Å². The summed E-state index contributed by atoms with van der Waals surface area (Å²) in [6.07, 6.45) is 4.58. The van der Waals surface area contributed by atoms with Gasteiger partial charge in [0.05, 0.1) is 16.8 Å². The van der Waals surface area contributed by atoms with Gasteiger partial charge >= 0.3 is 0 Å². The van der Waals surface area contributed by atoms with Crippen molar-refractivity contribution in [3.8, 4) is 0 Å². The maximum absolute atomic E-state index is 13.6. The van der Waals surface area contributed by atoms with E-state index in [0.717, 1.165) is 12.8 Å². The fourth-order valence-electron chi connectivity index (χ4n) is 1.93. The van der Waals surface area contributed by atoms with E-state index in [4.69, 9.17) is 0 Å². The summed E-state index contributed by atoms with van der Waals surface area (Å²) in [5.74, 6) is -1.33. The van der Waals surface area contributed by atoms with Gasteiger partial charge in [-0.3, -0.25) is 14.6 Å². The summed E-state index contributed by atoms with van der Waals surface area (Å²) in [4.78, 5) is 28.0. The second-order valence-corrected chi connectivity index (χ2v) is 5.01. The van der Waals surface area contributed by atoms with Crippen molar-refractivity contribution in [3.05, 3.63) is 59.7 Å². The van der Waals surface area contributed by atoms with Crippen LogP contribution in [0, 0.1) is 5.82 Å². The average Bonchev–Trinajstić information content (AvgIpc) is 2.57. The predicted molar refractivity (Wildman–Crippen MR) is 85.8 cm³/mol. The van der Waals surface area contributed by atoms with E-state index in [1.54, 1.807) is 6.07 Å². The van der Waals surface area contributed by atoms with Crippen LogP contribution in [-0.4, -0.2) is 23.3 Å². The van der Waals surface area contributed by atoms with Gasteiger partial charge < -0.3 is 10.6 Å². The molecule has 2 rings (SSSR count). The smallest absolute Gasteiger partial charge is 0.257 e. The quantitative estimate of drug-likeness (QED) is 0.805. The SMILES string of the molecule is CCCCNC(=O)c1cncc(C(=O)Nc2ccccc2F)c1. The topological polar surface area (TPSA) is 71.1 Å². The summed E-state index contributed by atoms with van der Waals surface area (Å²) in [6, 6.07) is 7.31. The van der Waals surface area contributed by atoms with Gasteiger partial charge in [-0.25, -0.2) is 4.39 Å². The van der Waals surface area contributed by atoms with E-state index in [1.165, 1.54) is 36.7 Å². The monoisotopic (exact) mass is 315 g/mol. The van der Waals surface area contributed by atoms with Gasteiger partial charge in [-0.1, -0.05) is 25.5 Å². The largest absolute Gasteiger partial charge is 0.352 e. The molecule has 0 aliphatic carbocycles. The Morgan fingerprint density at radius 3 is 2.52 bits per heavy atom. The number of benzene rings is 1. The number of pyridine rings is 1. The molecule has 0 aliphatic heterocycles. The van der Waals surface area contributed by atoms with E-state index in [-0.39, 0.29) is 17.2 Å². The van der Waals surface area contributed by atoms with Crippen LogP contribution in [0.2, 0.25) is 0 Å². The number of nitrogens with one attached hydrogen (secondary N) is 2. The first-order valence-electron chi connectivity index (χ1n) is 7.41. The first-order valence-corrected chi connectivity index (χ1v) is 7.41. The molecule has 2 N–H and O–H groups in total. The third-order valence-electron chi connectivity index (χ3n) is 3.20. The standard InChI is InChI=1S/C17H18FN3O2/c1-2-3-8-20-16(22)12-9-13(11-19-10-12)17(23)21-15-7-5-4-6-14(15)18/h4-7,9-11H,2-3,8H2,1H3,(H,20,22)(H,21,23). The lowest BCUT2D eigenvalue weighted by molar-refractivity contribution is 0.0953. The highest BCUT2D eigenvalue weighted by molar-refractivity contribution is 6.05. The summed E-state index contributed by atoms with van der Waals surface area (Å²) >= 11 is 0. The molecule has 2 amide bonds. The number of halogens is 1. The van der Waals surface area contributed by atoms with E-state index in [9.17, 15) is 14.0 Å². The van der Waals surface area contributed by atoms with Crippen molar-refractivity contribution in [1.82, 2.24) is 10.3 Å². The molecule has 1 aromatic carbocycles. The molecule has 2 aromatic rings. The fourth-order valence-corrected chi connectivity index (χ4v) is 1.93. The average molecular weight is 315 g/mol. The summed E-state index contributed by atoms with van der Waals surface area (Å²) < 4.78 is 13.6. The van der Waals surface area contributed by atoms with Gasteiger partial charge in [0.2, 0.25) is 0 Å². The Hall–Kier alpha value is -2.76. The number of para-hydroxylation sites is 1. The minimum atomic E-state index is -0.526. The van der Waals surface area contributed by atoms with Gasteiger partial charge in [-0.05, 0) is 24.6 Å². The van der Waals surface area contributed by atoms with E-state index >= 15 is 0 Å². The first-order chi connectivity index (χ1) is 11.1. The second kappa shape index (κ2) is 8.03. The zero-order valence-corrected chi connectivity index (χ0v) is 12.8. The van der Waals surface area contributed by atoms with E-state index in [2.05, 4.69) is 15.6 Å². The Labute approximate surface area is 133 Å². The van der Waals surface area contributed by atoms with Crippen LogP contribution < -0.4 is 10.6 Å². The minimum absolute atomic E-state index is 0.0790. The zero-order chi connectivity index (χ0) is 16.7. The molecular weight excluding hydrogens is 297 g/mol. The van der Waals surface area contributed by atoms with Crippen LogP contribution in [0.1, 0.15) is 40.5 Å². The lowest BCUT2D eigenvalue weighted by Crippen LogP contribution is -2.25. The van der Waals surface area contributed by atoms with Crippen molar-refractivity contribution < 1.29 is 14.0 Å². The number of nitrogens with zero attached hydrogens (tertiary/aromatic N) is 1. The molecule has 0 spiro atoms. The van der Waals surface area contributed by atoms with Gasteiger partial charge in [-0.15, -0.1) is 0 Å².